The van der Waals surface area contributed by atoms with Gasteiger partial charge in [-0.2, -0.15) is 0 Å². The predicted molar refractivity (Wildman–Crippen MR) is 62.2 cm³/mol. The van der Waals surface area contributed by atoms with Gasteiger partial charge < -0.3 is 10.0 Å². The molecule has 0 spiro atoms. The fourth-order valence-corrected chi connectivity index (χ4v) is 1.15. The van der Waals surface area contributed by atoms with E-state index in [1.165, 1.54) is 4.90 Å². The third kappa shape index (κ3) is 5.50. The summed E-state index contributed by atoms with van der Waals surface area (Å²) in [5.41, 5.74) is 0. The molecule has 0 saturated heterocycles. The smallest absolute Gasteiger partial charge is 0.317 e. The fourth-order valence-electron chi connectivity index (χ4n) is 1.15. The molecular weight excluding hydrogens is 208 g/mol. The second-order valence-electron chi connectivity index (χ2n) is 3.95. The molecule has 0 aromatic carbocycles. The molecule has 0 aliphatic rings. The van der Waals surface area contributed by atoms with Crippen LogP contribution in [0.3, 0.4) is 0 Å². The van der Waals surface area contributed by atoms with Crippen LogP contribution >= 0.6 is 0 Å². The second kappa shape index (κ2) is 7.00. The Morgan fingerprint density at radius 1 is 1.38 bits per heavy atom. The molecule has 0 bridgehead atoms. The first-order chi connectivity index (χ1) is 7.38. The highest BCUT2D eigenvalue weighted by Crippen LogP contribution is 1.97. The minimum absolute atomic E-state index is 0.0851. The molecule has 92 valence electrons. The van der Waals surface area contributed by atoms with Crippen molar-refractivity contribution in [2.75, 3.05) is 26.7 Å². The van der Waals surface area contributed by atoms with Gasteiger partial charge in [0.25, 0.3) is 0 Å². The van der Waals surface area contributed by atoms with Crippen LogP contribution in [0.1, 0.15) is 13.8 Å². The van der Waals surface area contributed by atoms with Crippen molar-refractivity contribution in [1.82, 2.24) is 9.80 Å². The van der Waals surface area contributed by atoms with Gasteiger partial charge in [-0.25, -0.2) is 0 Å². The number of aliphatic carboxylic acids is 1. The number of carbonyl (C=O) groups is 2. The minimum Gasteiger partial charge on any atom is -0.480 e. The molecule has 0 heterocycles. The van der Waals surface area contributed by atoms with Crippen LogP contribution in [-0.2, 0) is 9.59 Å². The van der Waals surface area contributed by atoms with E-state index >= 15 is 0 Å². The molecule has 0 fully saturated rings. The van der Waals surface area contributed by atoms with E-state index in [-0.39, 0.29) is 25.0 Å². The zero-order chi connectivity index (χ0) is 12.7. The summed E-state index contributed by atoms with van der Waals surface area (Å²) in [7, 11) is 1.71. The van der Waals surface area contributed by atoms with E-state index in [4.69, 9.17) is 5.11 Å². The van der Waals surface area contributed by atoms with Gasteiger partial charge in [-0.05, 0) is 13.8 Å². The summed E-state index contributed by atoms with van der Waals surface area (Å²) in [4.78, 5) is 25.4. The maximum atomic E-state index is 11.7. The third-order valence-corrected chi connectivity index (χ3v) is 2.27. The maximum Gasteiger partial charge on any atom is 0.317 e. The number of likely N-dealkylation sites (N-methyl/N-ethyl adjacent to an activating group) is 1. The number of hydrogen-bond acceptors (Lipinski definition) is 3. The monoisotopic (exact) mass is 228 g/mol. The maximum absolute atomic E-state index is 11.7. The Morgan fingerprint density at radius 3 is 2.31 bits per heavy atom. The lowest BCUT2D eigenvalue weighted by molar-refractivity contribution is -0.139. The van der Waals surface area contributed by atoms with Gasteiger partial charge in [0.1, 0.15) is 0 Å². The van der Waals surface area contributed by atoms with Crippen LogP contribution in [0.2, 0.25) is 0 Å². The highest BCUT2D eigenvalue weighted by molar-refractivity contribution is 5.79. The first-order valence-corrected chi connectivity index (χ1v) is 5.19. The third-order valence-electron chi connectivity index (χ3n) is 2.27. The van der Waals surface area contributed by atoms with E-state index in [9.17, 15) is 9.59 Å². The van der Waals surface area contributed by atoms with Crippen LogP contribution in [0.5, 0.6) is 0 Å². The van der Waals surface area contributed by atoms with Gasteiger partial charge in [0, 0.05) is 19.6 Å². The highest BCUT2D eigenvalue weighted by atomic mass is 16.4. The Bertz CT molecular complexity index is 264. The van der Waals surface area contributed by atoms with Crippen LogP contribution in [0, 0.1) is 0 Å². The molecule has 0 radical (unpaired) electrons. The largest absolute Gasteiger partial charge is 0.480 e. The Kier molecular flexibility index (Phi) is 6.41. The zero-order valence-electron chi connectivity index (χ0n) is 10.1. The topological polar surface area (TPSA) is 60.9 Å². The van der Waals surface area contributed by atoms with Crippen LogP contribution in [0.15, 0.2) is 12.7 Å². The minimum atomic E-state index is -0.943. The quantitative estimate of drug-likeness (QED) is 0.642. The molecule has 16 heavy (non-hydrogen) atoms. The summed E-state index contributed by atoms with van der Waals surface area (Å²) in [6, 6.07) is 0.114. The molecule has 0 rings (SSSR count). The van der Waals surface area contributed by atoms with Crippen molar-refractivity contribution >= 4 is 11.9 Å². The van der Waals surface area contributed by atoms with Crippen molar-refractivity contribution < 1.29 is 14.7 Å². The number of rotatable bonds is 7. The average Bonchev–Trinajstić information content (AvgIpc) is 2.15. The van der Waals surface area contributed by atoms with Crippen molar-refractivity contribution in [3.8, 4) is 0 Å². The van der Waals surface area contributed by atoms with E-state index in [1.807, 2.05) is 13.8 Å². The molecule has 0 saturated carbocycles. The number of amides is 1. The molecule has 0 unspecified atom stereocenters. The average molecular weight is 228 g/mol. The predicted octanol–water partition coefficient (Wildman–Crippen LogP) is 0.426. The number of hydrogen-bond donors (Lipinski definition) is 1. The van der Waals surface area contributed by atoms with Crippen molar-refractivity contribution in [3.05, 3.63) is 12.7 Å². The van der Waals surface area contributed by atoms with Crippen LogP contribution in [-0.4, -0.2) is 59.5 Å². The van der Waals surface area contributed by atoms with E-state index in [0.29, 0.717) is 6.54 Å². The molecule has 5 heteroatoms. The molecule has 0 atom stereocenters. The van der Waals surface area contributed by atoms with E-state index in [2.05, 4.69) is 6.58 Å². The zero-order valence-corrected chi connectivity index (χ0v) is 10.1. The lowest BCUT2D eigenvalue weighted by Gasteiger charge is -2.25. The Balaban J connectivity index is 4.32. The van der Waals surface area contributed by atoms with E-state index in [1.54, 1.807) is 18.0 Å². The van der Waals surface area contributed by atoms with E-state index < -0.39 is 5.97 Å². The summed E-state index contributed by atoms with van der Waals surface area (Å²) in [6.45, 7) is 7.70. The van der Waals surface area contributed by atoms with Gasteiger partial charge in [-0.15, -0.1) is 6.58 Å². The normalized spacial score (nSPS) is 10.6. The van der Waals surface area contributed by atoms with Crippen LogP contribution in [0.25, 0.3) is 0 Å². The van der Waals surface area contributed by atoms with Crippen LogP contribution in [0.4, 0.5) is 0 Å². The first-order valence-electron chi connectivity index (χ1n) is 5.19. The van der Waals surface area contributed by atoms with Crippen molar-refractivity contribution in [3.63, 3.8) is 0 Å². The molecule has 1 N–H and O–H groups in total. The molecule has 0 aliphatic heterocycles. The summed E-state index contributed by atoms with van der Waals surface area (Å²) >= 11 is 0. The molecule has 0 aromatic heterocycles. The summed E-state index contributed by atoms with van der Waals surface area (Å²) in [5.74, 6) is -1.03. The lowest BCUT2D eigenvalue weighted by atomic mass is 10.3. The van der Waals surface area contributed by atoms with Gasteiger partial charge in [-0.3, -0.25) is 14.5 Å². The summed E-state index contributed by atoms with van der Waals surface area (Å²) in [5, 5.41) is 8.67. The lowest BCUT2D eigenvalue weighted by Crippen LogP contribution is -2.43. The molecule has 5 nitrogen and oxygen atoms in total. The van der Waals surface area contributed by atoms with Crippen LogP contribution < -0.4 is 0 Å². The first kappa shape index (κ1) is 14.6. The Morgan fingerprint density at radius 2 is 1.94 bits per heavy atom. The standard InChI is InChI=1S/C11H20N2O3/c1-5-6-13(8-11(15)16)7-10(14)12(4)9(2)3/h5,9H,1,6-8H2,2-4H3,(H,15,16). The van der Waals surface area contributed by atoms with Crippen molar-refractivity contribution in [2.45, 2.75) is 19.9 Å². The number of carbonyl (C=O) groups excluding carboxylic acids is 1. The molecule has 0 aliphatic carbocycles. The van der Waals surface area contributed by atoms with Crippen molar-refractivity contribution in [2.24, 2.45) is 0 Å². The van der Waals surface area contributed by atoms with Gasteiger partial charge in [-0.1, -0.05) is 6.08 Å². The van der Waals surface area contributed by atoms with Gasteiger partial charge >= 0.3 is 5.97 Å². The molecule has 0 aromatic rings. The number of carboxylic acid groups (broad SMARTS) is 1. The SMILES string of the molecule is C=CCN(CC(=O)O)CC(=O)N(C)C(C)C. The highest BCUT2D eigenvalue weighted by Gasteiger charge is 2.17. The Hall–Kier alpha value is -1.36. The van der Waals surface area contributed by atoms with E-state index in [0.717, 1.165) is 0 Å². The summed E-state index contributed by atoms with van der Waals surface area (Å²) in [6.07, 6.45) is 1.59. The van der Waals surface area contributed by atoms with Gasteiger partial charge in [0.2, 0.25) is 5.91 Å². The molecule has 1 amide bonds. The van der Waals surface area contributed by atoms with Crippen molar-refractivity contribution in [1.29, 1.82) is 0 Å². The fraction of sp³-hybridized carbons (Fsp3) is 0.636. The number of carboxylic acids is 1. The Labute approximate surface area is 96.3 Å². The van der Waals surface area contributed by atoms with Gasteiger partial charge in [0.15, 0.2) is 0 Å². The second-order valence-corrected chi connectivity index (χ2v) is 3.95. The number of nitrogens with zero attached hydrogens (tertiary/aromatic N) is 2. The van der Waals surface area contributed by atoms with Gasteiger partial charge in [0.05, 0.1) is 13.1 Å². The summed E-state index contributed by atoms with van der Waals surface area (Å²) < 4.78 is 0. The molecular formula is C11H20N2O3.